The number of rotatable bonds is 3. The third kappa shape index (κ3) is 2.23. The highest BCUT2D eigenvalue weighted by molar-refractivity contribution is 6.32. The molecule has 16 heavy (non-hydrogen) atoms. The van der Waals surface area contributed by atoms with Crippen LogP contribution in [-0.2, 0) is 0 Å². The molecule has 0 aliphatic rings. The van der Waals surface area contributed by atoms with Crippen LogP contribution in [0.3, 0.4) is 0 Å². The number of nitrogens with zero attached hydrogens (tertiary/aromatic N) is 3. The van der Waals surface area contributed by atoms with Gasteiger partial charge in [0.2, 0.25) is 5.78 Å². The molecule has 0 fully saturated rings. The van der Waals surface area contributed by atoms with Crippen LogP contribution in [0.15, 0.2) is 36.9 Å². The molecule has 82 valence electrons. The molecule has 1 heterocycles. The Kier molecular flexibility index (Phi) is 3.22. The molecule has 1 aromatic carbocycles. The Morgan fingerprint density at radius 1 is 1.31 bits per heavy atom. The second-order valence-electron chi connectivity index (χ2n) is 3.08. The van der Waals surface area contributed by atoms with E-state index in [9.17, 15) is 4.79 Å². The third-order valence-electron chi connectivity index (χ3n) is 2.01. The molecule has 1 atom stereocenters. The van der Waals surface area contributed by atoms with Crippen LogP contribution >= 0.6 is 23.2 Å². The van der Waals surface area contributed by atoms with Crippen molar-refractivity contribution >= 4 is 29.0 Å². The minimum absolute atomic E-state index is 0.246. The van der Waals surface area contributed by atoms with Crippen molar-refractivity contribution in [1.29, 1.82) is 0 Å². The molecular formula is C10H7Cl2N3O. The van der Waals surface area contributed by atoms with E-state index in [0.29, 0.717) is 10.6 Å². The lowest BCUT2D eigenvalue weighted by Crippen LogP contribution is -2.14. The molecule has 0 bridgehead atoms. The van der Waals surface area contributed by atoms with Gasteiger partial charge in [0.1, 0.15) is 12.7 Å². The number of carbonyl (C=O) groups is 1. The Morgan fingerprint density at radius 2 is 2.00 bits per heavy atom. The van der Waals surface area contributed by atoms with Gasteiger partial charge in [-0.2, -0.15) is 5.10 Å². The van der Waals surface area contributed by atoms with Gasteiger partial charge in [-0.05, 0) is 24.3 Å². The van der Waals surface area contributed by atoms with Crippen LogP contribution in [0.1, 0.15) is 15.9 Å². The van der Waals surface area contributed by atoms with E-state index in [1.165, 1.54) is 17.3 Å². The first-order valence-corrected chi connectivity index (χ1v) is 5.28. The summed E-state index contributed by atoms with van der Waals surface area (Å²) in [4.78, 5) is 15.6. The number of hydrogen-bond donors (Lipinski definition) is 0. The van der Waals surface area contributed by atoms with Gasteiger partial charge in [-0.25, -0.2) is 9.67 Å². The van der Waals surface area contributed by atoms with Crippen LogP contribution in [0.25, 0.3) is 0 Å². The fourth-order valence-electron chi connectivity index (χ4n) is 1.21. The Labute approximate surface area is 102 Å². The van der Waals surface area contributed by atoms with Crippen LogP contribution in [-0.4, -0.2) is 20.5 Å². The minimum atomic E-state index is -0.885. The van der Waals surface area contributed by atoms with Gasteiger partial charge in [-0.15, -0.1) is 0 Å². The second kappa shape index (κ2) is 4.63. The topological polar surface area (TPSA) is 47.8 Å². The number of halogens is 2. The SMILES string of the molecule is O=C(c1ccc(Cl)cc1)C(Cl)n1cncn1. The fraction of sp³-hybridized carbons (Fsp3) is 0.100. The maximum absolute atomic E-state index is 11.9. The second-order valence-corrected chi connectivity index (χ2v) is 3.93. The number of benzene rings is 1. The fourth-order valence-corrected chi connectivity index (χ4v) is 1.56. The van der Waals surface area contributed by atoms with Crippen molar-refractivity contribution in [3.8, 4) is 0 Å². The van der Waals surface area contributed by atoms with Gasteiger partial charge >= 0.3 is 0 Å². The summed E-state index contributed by atoms with van der Waals surface area (Å²) in [5, 5.41) is 4.38. The van der Waals surface area contributed by atoms with E-state index in [-0.39, 0.29) is 5.78 Å². The summed E-state index contributed by atoms with van der Waals surface area (Å²) in [5.41, 5.74) is -0.399. The predicted molar refractivity (Wildman–Crippen MR) is 60.7 cm³/mol. The van der Waals surface area contributed by atoms with Gasteiger partial charge in [0.15, 0.2) is 5.50 Å². The molecule has 0 saturated carbocycles. The van der Waals surface area contributed by atoms with Gasteiger partial charge in [0, 0.05) is 10.6 Å². The van der Waals surface area contributed by atoms with Crippen molar-refractivity contribution in [1.82, 2.24) is 14.8 Å². The zero-order valence-electron chi connectivity index (χ0n) is 8.05. The molecule has 0 radical (unpaired) electrons. The van der Waals surface area contributed by atoms with Gasteiger partial charge in [-0.1, -0.05) is 23.2 Å². The molecule has 0 amide bonds. The predicted octanol–water partition coefficient (Wildman–Crippen LogP) is 2.55. The molecule has 2 rings (SSSR count). The van der Waals surface area contributed by atoms with Crippen LogP contribution in [0, 0.1) is 0 Å². The normalized spacial score (nSPS) is 12.4. The summed E-state index contributed by atoms with van der Waals surface area (Å²) < 4.78 is 1.29. The van der Waals surface area contributed by atoms with Gasteiger partial charge in [-0.3, -0.25) is 4.79 Å². The summed E-state index contributed by atoms with van der Waals surface area (Å²) >= 11 is 11.7. The lowest BCUT2D eigenvalue weighted by molar-refractivity contribution is 0.0959. The molecule has 1 aromatic heterocycles. The first-order valence-electron chi connectivity index (χ1n) is 4.46. The lowest BCUT2D eigenvalue weighted by Gasteiger charge is -2.07. The zero-order valence-corrected chi connectivity index (χ0v) is 9.56. The highest BCUT2D eigenvalue weighted by atomic mass is 35.5. The van der Waals surface area contributed by atoms with Gasteiger partial charge < -0.3 is 0 Å². The summed E-state index contributed by atoms with van der Waals surface area (Å²) in [7, 11) is 0. The highest BCUT2D eigenvalue weighted by Gasteiger charge is 2.19. The summed E-state index contributed by atoms with van der Waals surface area (Å²) in [6, 6.07) is 6.52. The maximum Gasteiger partial charge on any atom is 0.202 e. The van der Waals surface area contributed by atoms with E-state index in [4.69, 9.17) is 23.2 Å². The van der Waals surface area contributed by atoms with Gasteiger partial charge in [0.05, 0.1) is 0 Å². The molecular weight excluding hydrogens is 249 g/mol. The first-order chi connectivity index (χ1) is 7.68. The Morgan fingerprint density at radius 3 is 2.56 bits per heavy atom. The Hall–Kier alpha value is -1.39. The molecule has 0 saturated heterocycles. The standard InChI is InChI=1S/C10H7Cl2N3O/c11-8-3-1-7(2-4-8)9(16)10(12)15-6-13-5-14-15/h1-6,10H. The summed E-state index contributed by atoms with van der Waals surface area (Å²) in [5.74, 6) is -0.246. The number of ketones is 1. The minimum Gasteiger partial charge on any atom is -0.290 e. The van der Waals surface area contributed by atoms with E-state index in [2.05, 4.69) is 10.1 Å². The summed E-state index contributed by atoms with van der Waals surface area (Å²) in [6.07, 6.45) is 2.72. The van der Waals surface area contributed by atoms with E-state index >= 15 is 0 Å². The van der Waals surface area contributed by atoms with Gasteiger partial charge in [0.25, 0.3) is 0 Å². The molecule has 0 spiro atoms. The number of aromatic nitrogens is 3. The molecule has 0 aliphatic carbocycles. The van der Waals surface area contributed by atoms with E-state index in [0.717, 1.165) is 0 Å². The molecule has 6 heteroatoms. The third-order valence-corrected chi connectivity index (χ3v) is 2.66. The van der Waals surface area contributed by atoms with Crippen LogP contribution in [0.4, 0.5) is 0 Å². The van der Waals surface area contributed by atoms with Crippen LogP contribution in [0.5, 0.6) is 0 Å². The lowest BCUT2D eigenvalue weighted by atomic mass is 10.1. The average Bonchev–Trinajstić information content (AvgIpc) is 2.81. The molecule has 0 aliphatic heterocycles. The highest BCUT2D eigenvalue weighted by Crippen LogP contribution is 2.18. The Balaban J connectivity index is 2.22. The van der Waals surface area contributed by atoms with E-state index in [1.54, 1.807) is 24.3 Å². The molecule has 0 N–H and O–H groups in total. The molecule has 4 nitrogen and oxygen atoms in total. The zero-order chi connectivity index (χ0) is 11.5. The number of carbonyl (C=O) groups excluding carboxylic acids is 1. The van der Waals surface area contributed by atoms with Crippen LogP contribution in [0.2, 0.25) is 5.02 Å². The van der Waals surface area contributed by atoms with Crippen LogP contribution < -0.4 is 0 Å². The number of hydrogen-bond acceptors (Lipinski definition) is 3. The van der Waals surface area contributed by atoms with Crippen molar-refractivity contribution in [3.63, 3.8) is 0 Å². The van der Waals surface area contributed by atoms with E-state index in [1.807, 2.05) is 0 Å². The number of Topliss-reactive ketones (excluding diaryl/α,β-unsaturated/α-hetero) is 1. The Bertz CT molecular complexity index is 481. The van der Waals surface area contributed by atoms with Crippen molar-refractivity contribution in [2.24, 2.45) is 0 Å². The van der Waals surface area contributed by atoms with Crippen molar-refractivity contribution < 1.29 is 4.79 Å². The van der Waals surface area contributed by atoms with Crippen molar-refractivity contribution in [2.75, 3.05) is 0 Å². The van der Waals surface area contributed by atoms with E-state index < -0.39 is 5.50 Å². The van der Waals surface area contributed by atoms with Crippen molar-refractivity contribution in [2.45, 2.75) is 5.50 Å². The smallest absolute Gasteiger partial charge is 0.202 e. The van der Waals surface area contributed by atoms with Crippen molar-refractivity contribution in [3.05, 3.63) is 47.5 Å². The largest absolute Gasteiger partial charge is 0.290 e. The monoisotopic (exact) mass is 255 g/mol. The average molecular weight is 256 g/mol. The quantitative estimate of drug-likeness (QED) is 0.626. The molecule has 1 unspecified atom stereocenters. The number of alkyl halides is 1. The first kappa shape index (κ1) is 11.1. The summed E-state index contributed by atoms with van der Waals surface area (Å²) in [6.45, 7) is 0. The maximum atomic E-state index is 11.9. The molecule has 2 aromatic rings.